The molecular weight excluding hydrogens is 269 g/mol. The molecule has 106 valence electrons. The molecule has 0 heterocycles. The Hall–Kier alpha value is -1.50. The fourth-order valence-corrected chi connectivity index (χ4v) is 1.50. The van der Waals surface area contributed by atoms with Crippen LogP contribution in [-0.2, 0) is 0 Å². The van der Waals surface area contributed by atoms with Crippen LogP contribution in [0, 0.1) is 11.6 Å². The highest BCUT2D eigenvalue weighted by atomic mass is 19.4. The maximum atomic E-state index is 12.9. The van der Waals surface area contributed by atoms with Crippen molar-refractivity contribution >= 4 is 5.78 Å². The lowest BCUT2D eigenvalue weighted by Crippen LogP contribution is -2.37. The van der Waals surface area contributed by atoms with Gasteiger partial charge in [0.05, 0.1) is 13.1 Å². The fourth-order valence-electron chi connectivity index (χ4n) is 1.50. The molecule has 0 atom stereocenters. The third-order valence-corrected chi connectivity index (χ3v) is 2.46. The molecule has 0 aliphatic heterocycles. The molecule has 0 radical (unpaired) electrons. The average molecular weight is 281 g/mol. The zero-order chi connectivity index (χ0) is 14.6. The summed E-state index contributed by atoms with van der Waals surface area (Å²) in [6.45, 7) is -0.223. The van der Waals surface area contributed by atoms with E-state index in [1.165, 1.54) is 6.92 Å². The van der Waals surface area contributed by atoms with Crippen LogP contribution in [-0.4, -0.2) is 36.5 Å². The molecule has 0 aromatic heterocycles. The zero-order valence-electron chi connectivity index (χ0n) is 10.1. The number of likely N-dealkylation sites (N-methyl/N-ethyl adjacent to an activating group) is 1. The average Bonchev–Trinajstić information content (AvgIpc) is 2.29. The van der Waals surface area contributed by atoms with Crippen LogP contribution < -0.4 is 0 Å². The van der Waals surface area contributed by atoms with E-state index in [1.54, 1.807) is 0 Å². The second-order valence-electron chi connectivity index (χ2n) is 3.97. The fraction of sp³-hybridized carbons (Fsp3) is 0.417. The van der Waals surface area contributed by atoms with Crippen molar-refractivity contribution in [1.29, 1.82) is 0 Å². The zero-order valence-corrected chi connectivity index (χ0v) is 10.1. The number of carbonyl (C=O) groups excluding carboxylic acids is 1. The number of hydrogen-bond acceptors (Lipinski definition) is 2. The Kier molecular flexibility index (Phi) is 4.99. The molecule has 1 rings (SSSR count). The molecule has 0 aliphatic rings. The second kappa shape index (κ2) is 6.10. The van der Waals surface area contributed by atoms with E-state index in [0.717, 1.165) is 17.0 Å². The molecule has 0 aliphatic carbocycles. The topological polar surface area (TPSA) is 20.3 Å². The Morgan fingerprint density at radius 2 is 1.84 bits per heavy atom. The Morgan fingerprint density at radius 1 is 1.21 bits per heavy atom. The highest BCUT2D eigenvalue weighted by Crippen LogP contribution is 2.17. The van der Waals surface area contributed by atoms with Crippen molar-refractivity contribution in [3.05, 3.63) is 35.4 Å². The van der Waals surface area contributed by atoms with Crippen molar-refractivity contribution in [2.45, 2.75) is 13.1 Å². The second-order valence-corrected chi connectivity index (χ2v) is 3.97. The van der Waals surface area contributed by atoms with E-state index in [1.807, 2.05) is 0 Å². The van der Waals surface area contributed by atoms with Crippen molar-refractivity contribution in [2.24, 2.45) is 0 Å². The number of nitrogens with zero attached hydrogens (tertiary/aromatic N) is 1. The van der Waals surface area contributed by atoms with E-state index in [-0.39, 0.29) is 12.1 Å². The molecular formula is C12H12F5NO. The van der Waals surface area contributed by atoms with Gasteiger partial charge in [-0.1, -0.05) is 6.92 Å². The third-order valence-electron chi connectivity index (χ3n) is 2.46. The van der Waals surface area contributed by atoms with Crippen LogP contribution >= 0.6 is 0 Å². The van der Waals surface area contributed by atoms with E-state index in [2.05, 4.69) is 0 Å². The van der Waals surface area contributed by atoms with Gasteiger partial charge >= 0.3 is 6.18 Å². The minimum Gasteiger partial charge on any atom is -0.293 e. The molecule has 19 heavy (non-hydrogen) atoms. The van der Waals surface area contributed by atoms with Crippen molar-refractivity contribution in [3.63, 3.8) is 0 Å². The first kappa shape index (κ1) is 15.6. The molecule has 0 N–H and O–H groups in total. The van der Waals surface area contributed by atoms with Crippen molar-refractivity contribution in [3.8, 4) is 0 Å². The lowest BCUT2D eigenvalue weighted by molar-refractivity contribution is -0.144. The van der Waals surface area contributed by atoms with E-state index in [0.29, 0.717) is 6.07 Å². The van der Waals surface area contributed by atoms with Crippen LogP contribution in [0.2, 0.25) is 0 Å². The summed E-state index contributed by atoms with van der Waals surface area (Å²) in [4.78, 5) is 12.5. The number of halogens is 5. The third kappa shape index (κ3) is 4.94. The molecule has 0 saturated carbocycles. The molecule has 0 bridgehead atoms. The Morgan fingerprint density at radius 3 is 2.32 bits per heavy atom. The summed E-state index contributed by atoms with van der Waals surface area (Å²) >= 11 is 0. The van der Waals surface area contributed by atoms with E-state index < -0.39 is 36.7 Å². The number of alkyl halides is 3. The minimum absolute atomic E-state index is 0.0227. The molecule has 0 saturated heterocycles. The lowest BCUT2D eigenvalue weighted by Gasteiger charge is -2.20. The molecule has 1 aromatic rings. The molecule has 2 nitrogen and oxygen atoms in total. The van der Waals surface area contributed by atoms with Crippen LogP contribution in [0.1, 0.15) is 17.3 Å². The summed E-state index contributed by atoms with van der Waals surface area (Å²) in [6, 6.07) is 2.49. The van der Waals surface area contributed by atoms with E-state index in [4.69, 9.17) is 0 Å². The van der Waals surface area contributed by atoms with Gasteiger partial charge in [0, 0.05) is 5.56 Å². The van der Waals surface area contributed by atoms with Gasteiger partial charge in [0.1, 0.15) is 0 Å². The van der Waals surface area contributed by atoms with Crippen LogP contribution in [0.4, 0.5) is 22.0 Å². The smallest absolute Gasteiger partial charge is 0.293 e. The summed E-state index contributed by atoms with van der Waals surface area (Å²) in [5.41, 5.74) is -0.153. The van der Waals surface area contributed by atoms with Crippen LogP contribution in [0.25, 0.3) is 0 Å². The summed E-state index contributed by atoms with van der Waals surface area (Å²) in [5.74, 6) is -3.01. The van der Waals surface area contributed by atoms with E-state index in [9.17, 15) is 26.7 Å². The van der Waals surface area contributed by atoms with E-state index >= 15 is 0 Å². The lowest BCUT2D eigenvalue weighted by atomic mass is 10.1. The van der Waals surface area contributed by atoms with Gasteiger partial charge < -0.3 is 0 Å². The summed E-state index contributed by atoms with van der Waals surface area (Å²) in [6.07, 6.45) is -4.41. The number of Topliss-reactive ketones (excluding diaryl/α,β-unsaturated/α-hetero) is 1. The van der Waals surface area contributed by atoms with Gasteiger partial charge in [-0.25, -0.2) is 8.78 Å². The predicted octanol–water partition coefficient (Wildman–Crippen LogP) is 3.03. The van der Waals surface area contributed by atoms with Gasteiger partial charge in [-0.05, 0) is 24.7 Å². The SMILES string of the molecule is CCN(CC(=O)c1ccc(F)c(F)c1)CC(F)(F)F. The quantitative estimate of drug-likeness (QED) is 0.611. The maximum absolute atomic E-state index is 12.9. The van der Waals surface area contributed by atoms with Gasteiger partial charge in [0.25, 0.3) is 0 Å². The van der Waals surface area contributed by atoms with Gasteiger partial charge in [-0.15, -0.1) is 0 Å². The Balaban J connectivity index is 2.74. The first-order valence-corrected chi connectivity index (χ1v) is 5.50. The maximum Gasteiger partial charge on any atom is 0.401 e. The van der Waals surface area contributed by atoms with Crippen molar-refractivity contribution in [1.82, 2.24) is 4.90 Å². The van der Waals surface area contributed by atoms with Crippen molar-refractivity contribution < 1.29 is 26.7 Å². The monoisotopic (exact) mass is 281 g/mol. The molecule has 0 amide bonds. The van der Waals surface area contributed by atoms with Gasteiger partial charge in [-0.2, -0.15) is 13.2 Å². The highest BCUT2D eigenvalue weighted by Gasteiger charge is 2.30. The number of ketones is 1. The van der Waals surface area contributed by atoms with Crippen LogP contribution in [0.15, 0.2) is 18.2 Å². The number of hydrogen-bond donors (Lipinski definition) is 0. The Bertz CT molecular complexity index is 458. The molecule has 0 spiro atoms. The molecule has 7 heteroatoms. The Labute approximate surface area is 106 Å². The minimum atomic E-state index is -4.41. The standard InChI is InChI=1S/C12H12F5NO/c1-2-18(7-12(15,16)17)6-11(19)8-3-4-9(13)10(14)5-8/h3-5H,2,6-7H2,1H3. The largest absolute Gasteiger partial charge is 0.401 e. The summed E-state index contributed by atoms with van der Waals surface area (Å²) in [7, 11) is 0. The highest BCUT2D eigenvalue weighted by molar-refractivity contribution is 5.97. The number of carbonyl (C=O) groups is 1. The number of rotatable bonds is 5. The first-order valence-electron chi connectivity index (χ1n) is 5.50. The van der Waals surface area contributed by atoms with Gasteiger partial charge in [-0.3, -0.25) is 9.69 Å². The summed E-state index contributed by atoms with van der Waals surface area (Å²) < 4.78 is 62.2. The first-order chi connectivity index (χ1) is 8.73. The van der Waals surface area contributed by atoms with Gasteiger partial charge in [0.15, 0.2) is 17.4 Å². The normalized spacial score (nSPS) is 11.9. The predicted molar refractivity (Wildman–Crippen MR) is 58.9 cm³/mol. The summed E-state index contributed by atoms with van der Waals surface area (Å²) in [5, 5.41) is 0. The molecule has 0 fully saturated rings. The molecule has 0 unspecified atom stereocenters. The molecule has 1 aromatic carbocycles. The van der Waals surface area contributed by atoms with Crippen LogP contribution in [0.3, 0.4) is 0 Å². The van der Waals surface area contributed by atoms with Crippen LogP contribution in [0.5, 0.6) is 0 Å². The van der Waals surface area contributed by atoms with Gasteiger partial charge in [0.2, 0.25) is 0 Å². The van der Waals surface area contributed by atoms with Crippen molar-refractivity contribution in [2.75, 3.05) is 19.6 Å². The number of benzene rings is 1.